The number of aromatic nitrogens is 2. The Balaban J connectivity index is 1.60. The van der Waals surface area contributed by atoms with Crippen LogP contribution in [0.25, 0.3) is 22.1 Å². The van der Waals surface area contributed by atoms with Crippen LogP contribution >= 0.6 is 11.3 Å². The van der Waals surface area contributed by atoms with E-state index in [0.717, 1.165) is 54.3 Å². The van der Waals surface area contributed by atoms with Gasteiger partial charge in [0.05, 0.1) is 35.9 Å². The quantitative estimate of drug-likeness (QED) is 0.535. The third kappa shape index (κ3) is 2.83. The summed E-state index contributed by atoms with van der Waals surface area (Å²) < 4.78 is 13.4. The second kappa shape index (κ2) is 6.92. The number of benzene rings is 2. The zero-order chi connectivity index (χ0) is 19.1. The molecular weight excluding hydrogens is 374 g/mol. The molecule has 0 unspecified atom stereocenters. The van der Waals surface area contributed by atoms with Gasteiger partial charge in [-0.1, -0.05) is 23.5 Å². The van der Waals surface area contributed by atoms with Gasteiger partial charge in [0.1, 0.15) is 5.75 Å². The average Bonchev–Trinajstić information content (AvgIpc) is 3.25. The summed E-state index contributed by atoms with van der Waals surface area (Å²) in [5.41, 5.74) is 3.61. The number of hydrogen-bond acceptors (Lipinski definition) is 6. The molecule has 1 aliphatic heterocycles. The van der Waals surface area contributed by atoms with Gasteiger partial charge in [-0.15, -0.1) is 0 Å². The summed E-state index contributed by atoms with van der Waals surface area (Å²) in [4.78, 5) is 20.5. The number of fused-ring (bicyclic) bond motifs is 3. The van der Waals surface area contributed by atoms with Crippen molar-refractivity contribution in [3.63, 3.8) is 0 Å². The molecule has 28 heavy (non-hydrogen) atoms. The normalized spacial score (nSPS) is 15.6. The Morgan fingerprint density at radius 3 is 2.82 bits per heavy atom. The Bertz CT molecular complexity index is 1270. The fourth-order valence-corrected chi connectivity index (χ4v) is 4.57. The molecule has 0 N–H and O–H groups in total. The van der Waals surface area contributed by atoms with Crippen LogP contribution in [-0.2, 0) is 4.74 Å². The highest BCUT2D eigenvalue weighted by atomic mass is 32.1. The van der Waals surface area contributed by atoms with Crippen molar-refractivity contribution < 1.29 is 9.47 Å². The zero-order valence-corrected chi connectivity index (χ0v) is 16.2. The highest BCUT2D eigenvalue weighted by molar-refractivity contribution is 7.15. The number of imidazole rings is 1. The van der Waals surface area contributed by atoms with Gasteiger partial charge in [-0.2, -0.15) is 0 Å². The van der Waals surface area contributed by atoms with E-state index in [0.29, 0.717) is 9.49 Å². The fraction of sp³-hybridized carbons (Fsp3) is 0.238. The second-order valence-electron chi connectivity index (χ2n) is 6.66. The summed E-state index contributed by atoms with van der Waals surface area (Å²) >= 11 is 1.40. The average molecular weight is 393 g/mol. The molecule has 5 rings (SSSR count). The number of nitrogens with zero attached hydrogens (tertiary/aromatic N) is 3. The predicted octanol–water partition coefficient (Wildman–Crippen LogP) is 2.30. The van der Waals surface area contributed by atoms with Crippen molar-refractivity contribution in [2.45, 2.75) is 0 Å². The molecule has 142 valence electrons. The van der Waals surface area contributed by atoms with Gasteiger partial charge in [0.15, 0.2) is 4.96 Å². The van der Waals surface area contributed by atoms with E-state index in [1.807, 2.05) is 42.5 Å². The predicted molar refractivity (Wildman–Crippen MR) is 112 cm³/mol. The van der Waals surface area contributed by atoms with Crippen LogP contribution in [0, 0.1) is 0 Å². The van der Waals surface area contributed by atoms with Gasteiger partial charge in [0.25, 0.3) is 5.56 Å². The molecule has 0 saturated carbocycles. The highest BCUT2D eigenvalue weighted by Crippen LogP contribution is 2.27. The molecule has 1 saturated heterocycles. The second-order valence-corrected chi connectivity index (χ2v) is 7.67. The minimum atomic E-state index is -0.0481. The van der Waals surface area contributed by atoms with E-state index in [4.69, 9.17) is 9.47 Å². The summed E-state index contributed by atoms with van der Waals surface area (Å²) in [5, 5.41) is 0. The lowest BCUT2D eigenvalue weighted by Crippen LogP contribution is -2.36. The molecule has 0 bridgehead atoms. The zero-order valence-electron chi connectivity index (χ0n) is 15.4. The first-order chi connectivity index (χ1) is 13.7. The molecule has 2 aromatic carbocycles. The summed E-state index contributed by atoms with van der Waals surface area (Å²) in [6.45, 7) is 3.20. The monoisotopic (exact) mass is 393 g/mol. The Hall–Kier alpha value is -2.90. The number of methoxy groups -OCH3 is 1. The van der Waals surface area contributed by atoms with Crippen molar-refractivity contribution in [3.05, 3.63) is 62.9 Å². The van der Waals surface area contributed by atoms with Crippen LogP contribution in [0.1, 0.15) is 5.56 Å². The minimum absolute atomic E-state index is 0.0481. The van der Waals surface area contributed by atoms with Crippen molar-refractivity contribution in [1.82, 2.24) is 9.38 Å². The van der Waals surface area contributed by atoms with Gasteiger partial charge in [0, 0.05) is 30.4 Å². The van der Waals surface area contributed by atoms with Gasteiger partial charge in [-0.3, -0.25) is 4.79 Å². The van der Waals surface area contributed by atoms with Gasteiger partial charge < -0.3 is 14.4 Å². The third-order valence-electron chi connectivity index (χ3n) is 5.03. The lowest BCUT2D eigenvalue weighted by atomic mass is 10.1. The first-order valence-electron chi connectivity index (χ1n) is 9.17. The number of para-hydroxylation sites is 2. The first-order valence-corrected chi connectivity index (χ1v) is 9.99. The van der Waals surface area contributed by atoms with Crippen LogP contribution in [0.2, 0.25) is 0 Å². The largest absolute Gasteiger partial charge is 0.496 e. The van der Waals surface area contributed by atoms with Crippen LogP contribution in [0.3, 0.4) is 0 Å². The highest BCUT2D eigenvalue weighted by Gasteiger charge is 2.14. The Morgan fingerprint density at radius 2 is 2.00 bits per heavy atom. The maximum atomic E-state index is 13.0. The van der Waals surface area contributed by atoms with Crippen molar-refractivity contribution >= 4 is 39.1 Å². The van der Waals surface area contributed by atoms with E-state index in [1.54, 1.807) is 11.5 Å². The van der Waals surface area contributed by atoms with E-state index in [9.17, 15) is 4.79 Å². The maximum Gasteiger partial charge on any atom is 0.274 e. The molecule has 0 spiro atoms. The Labute approximate surface area is 165 Å². The maximum absolute atomic E-state index is 13.0. The van der Waals surface area contributed by atoms with E-state index < -0.39 is 0 Å². The molecule has 0 radical (unpaired) electrons. The lowest BCUT2D eigenvalue weighted by Gasteiger charge is -2.29. The Morgan fingerprint density at radius 1 is 1.18 bits per heavy atom. The topological polar surface area (TPSA) is 56.1 Å². The molecule has 0 amide bonds. The van der Waals surface area contributed by atoms with E-state index >= 15 is 0 Å². The fourth-order valence-electron chi connectivity index (χ4n) is 3.59. The molecule has 2 aromatic heterocycles. The van der Waals surface area contributed by atoms with Gasteiger partial charge >= 0.3 is 0 Å². The van der Waals surface area contributed by atoms with Crippen LogP contribution < -0.4 is 19.7 Å². The van der Waals surface area contributed by atoms with Crippen molar-refractivity contribution in [3.8, 4) is 5.75 Å². The number of anilines is 1. The molecule has 4 aromatic rings. The number of morpholine rings is 1. The molecular formula is C21H19N3O3S. The summed E-state index contributed by atoms with van der Waals surface area (Å²) in [7, 11) is 1.66. The summed E-state index contributed by atoms with van der Waals surface area (Å²) in [5.74, 6) is 0.749. The van der Waals surface area contributed by atoms with Crippen molar-refractivity contribution in [1.29, 1.82) is 0 Å². The van der Waals surface area contributed by atoms with Crippen molar-refractivity contribution in [2.24, 2.45) is 0 Å². The SMILES string of the molecule is COc1cc(N2CCOCC2)ccc1/C=c1/sc2nc3ccccc3n2c1=O. The minimum Gasteiger partial charge on any atom is -0.496 e. The van der Waals surface area contributed by atoms with E-state index in [2.05, 4.69) is 16.0 Å². The van der Waals surface area contributed by atoms with E-state index in [1.165, 1.54) is 11.3 Å². The molecule has 6 nitrogen and oxygen atoms in total. The van der Waals surface area contributed by atoms with E-state index in [-0.39, 0.29) is 5.56 Å². The van der Waals surface area contributed by atoms with Gasteiger partial charge in [-0.25, -0.2) is 9.38 Å². The standard InChI is InChI=1S/C21H19N3O3S/c1-26-18-13-15(23-8-10-27-11-9-23)7-6-14(18)12-19-20(25)24-17-5-3-2-4-16(17)22-21(24)28-19/h2-7,12-13H,8-11H2,1H3/b19-12+. The lowest BCUT2D eigenvalue weighted by molar-refractivity contribution is 0.122. The Kier molecular flexibility index (Phi) is 4.26. The smallest absolute Gasteiger partial charge is 0.274 e. The molecule has 1 aliphatic rings. The van der Waals surface area contributed by atoms with Crippen LogP contribution in [0.5, 0.6) is 5.75 Å². The number of hydrogen-bond donors (Lipinski definition) is 0. The van der Waals surface area contributed by atoms with Crippen LogP contribution in [0.15, 0.2) is 47.3 Å². The van der Waals surface area contributed by atoms with Crippen LogP contribution in [-0.4, -0.2) is 42.8 Å². The molecule has 0 atom stereocenters. The molecule has 0 aliphatic carbocycles. The summed E-state index contributed by atoms with van der Waals surface area (Å²) in [6.07, 6.45) is 1.89. The number of thiazole rings is 1. The molecule has 7 heteroatoms. The molecule has 1 fully saturated rings. The van der Waals surface area contributed by atoms with Crippen LogP contribution in [0.4, 0.5) is 5.69 Å². The third-order valence-corrected chi connectivity index (χ3v) is 5.99. The number of ether oxygens (including phenoxy) is 2. The first kappa shape index (κ1) is 17.2. The summed E-state index contributed by atoms with van der Waals surface area (Å²) in [6, 6.07) is 13.8. The van der Waals surface area contributed by atoms with Gasteiger partial charge in [0.2, 0.25) is 0 Å². The van der Waals surface area contributed by atoms with Crippen molar-refractivity contribution in [2.75, 3.05) is 38.3 Å². The van der Waals surface area contributed by atoms with Gasteiger partial charge in [-0.05, 0) is 30.3 Å². The molecule has 3 heterocycles. The number of rotatable bonds is 3.